The first kappa shape index (κ1) is 28.0. The van der Waals surface area contributed by atoms with Crippen molar-refractivity contribution < 1.29 is 10.0 Å². The number of fused-ring (bicyclic) bond motifs is 2. The van der Waals surface area contributed by atoms with Gasteiger partial charge in [0.15, 0.2) is 0 Å². The lowest BCUT2D eigenvalue weighted by atomic mass is 9.81. The lowest BCUT2D eigenvalue weighted by Gasteiger charge is -2.05. The van der Waals surface area contributed by atoms with Gasteiger partial charge in [-0.05, 0) is 52.6 Å². The zero-order valence-electron chi connectivity index (χ0n) is 20.0. The average Bonchev–Trinajstić information content (AvgIpc) is 2.94. The van der Waals surface area contributed by atoms with E-state index in [-0.39, 0.29) is 0 Å². The minimum atomic E-state index is -1.38. The van der Waals surface area contributed by atoms with Gasteiger partial charge in [0.05, 0.1) is 5.69 Å². The maximum absolute atomic E-state index is 8.68. The van der Waals surface area contributed by atoms with Crippen LogP contribution in [0.1, 0.15) is 0 Å². The third kappa shape index (κ3) is 7.50. The number of nitrogens with zero attached hydrogens (tertiary/aromatic N) is 2. The highest BCUT2D eigenvalue weighted by Gasteiger charge is 2.09. The van der Waals surface area contributed by atoms with Gasteiger partial charge in [-0.3, -0.25) is 4.98 Å². The first-order valence-electron chi connectivity index (χ1n) is 11.6. The molecule has 8 heteroatoms. The Labute approximate surface area is 243 Å². The Hall–Kier alpha value is -3.07. The second-order valence-corrected chi connectivity index (χ2v) is 10.3. The Kier molecular flexibility index (Phi) is 10.0. The van der Waals surface area contributed by atoms with Crippen LogP contribution in [-0.4, -0.2) is 27.1 Å². The SMILES string of the molecule is Brc1cccc(-c2nccc3ccccc23)c1.Clc1nccc2ccccc12.OB(O)c1cccc(Br)c1. The maximum atomic E-state index is 8.68. The summed E-state index contributed by atoms with van der Waals surface area (Å²) in [6.07, 6.45) is 3.57. The lowest BCUT2D eigenvalue weighted by molar-refractivity contribution is 0.426. The van der Waals surface area contributed by atoms with E-state index in [1.165, 1.54) is 10.8 Å². The van der Waals surface area contributed by atoms with Crippen LogP contribution in [0.5, 0.6) is 0 Å². The van der Waals surface area contributed by atoms with Crippen LogP contribution in [0, 0.1) is 0 Å². The van der Waals surface area contributed by atoms with Crippen molar-refractivity contribution in [2.45, 2.75) is 0 Å². The van der Waals surface area contributed by atoms with Gasteiger partial charge in [0.25, 0.3) is 0 Å². The number of benzene rings is 4. The molecule has 2 heterocycles. The fraction of sp³-hybridized carbons (Fsp3) is 0. The van der Waals surface area contributed by atoms with Crippen molar-refractivity contribution >= 4 is 77.6 Å². The van der Waals surface area contributed by atoms with Crippen molar-refractivity contribution in [2.75, 3.05) is 0 Å². The predicted octanol–water partition coefficient (Wildman–Crippen LogP) is 7.68. The molecule has 2 N–H and O–H groups in total. The van der Waals surface area contributed by atoms with Gasteiger partial charge < -0.3 is 10.0 Å². The quantitative estimate of drug-likeness (QED) is 0.149. The summed E-state index contributed by atoms with van der Waals surface area (Å²) in [7, 11) is -1.38. The highest BCUT2D eigenvalue weighted by Crippen LogP contribution is 2.28. The van der Waals surface area contributed by atoms with E-state index in [2.05, 4.69) is 66.1 Å². The van der Waals surface area contributed by atoms with Gasteiger partial charge in [-0.25, -0.2) is 4.98 Å². The van der Waals surface area contributed by atoms with Crippen LogP contribution in [0.4, 0.5) is 0 Å². The number of halogens is 3. The van der Waals surface area contributed by atoms with Gasteiger partial charge in [0.2, 0.25) is 0 Å². The third-order valence-electron chi connectivity index (χ3n) is 5.54. The molecular weight excluding hydrogens is 626 g/mol. The van der Waals surface area contributed by atoms with Crippen molar-refractivity contribution in [1.29, 1.82) is 0 Å². The number of hydrogen-bond acceptors (Lipinski definition) is 4. The van der Waals surface area contributed by atoms with Gasteiger partial charge in [-0.1, -0.05) is 116 Å². The van der Waals surface area contributed by atoms with Crippen LogP contribution in [0.3, 0.4) is 0 Å². The van der Waals surface area contributed by atoms with E-state index in [0.717, 1.165) is 31.0 Å². The van der Waals surface area contributed by atoms with Gasteiger partial charge in [-0.15, -0.1) is 0 Å². The standard InChI is InChI=1S/C15H10BrN.C9H6ClN.C6H6BBrO2/c16-13-6-3-5-12(10-13)15-14-7-2-1-4-11(14)8-9-17-15;10-9-8-4-2-1-3-7(8)5-6-11-9;8-6-3-1-2-5(4-6)7(9)10/h1-10H;1-6H;1-4,9-10H. The molecule has 0 spiro atoms. The summed E-state index contributed by atoms with van der Waals surface area (Å²) in [4.78, 5) is 8.47. The largest absolute Gasteiger partial charge is 0.488 e. The fourth-order valence-electron chi connectivity index (χ4n) is 3.74. The molecule has 0 aliphatic rings. The highest BCUT2D eigenvalue weighted by molar-refractivity contribution is 9.10. The third-order valence-corrected chi connectivity index (χ3v) is 6.83. The Morgan fingerprint density at radius 2 is 1.18 bits per heavy atom. The number of aromatic nitrogens is 2. The Morgan fingerprint density at radius 3 is 1.79 bits per heavy atom. The van der Waals surface area contributed by atoms with E-state index in [0.29, 0.717) is 10.6 Å². The summed E-state index contributed by atoms with van der Waals surface area (Å²) in [6, 6.07) is 35.3. The zero-order valence-corrected chi connectivity index (χ0v) is 24.0. The molecule has 0 saturated carbocycles. The Morgan fingerprint density at radius 1 is 0.605 bits per heavy atom. The molecule has 4 nitrogen and oxygen atoms in total. The molecule has 0 saturated heterocycles. The van der Waals surface area contributed by atoms with Crippen LogP contribution in [-0.2, 0) is 0 Å². The van der Waals surface area contributed by atoms with E-state index in [1.54, 1.807) is 24.4 Å². The molecule has 0 unspecified atom stereocenters. The number of hydrogen-bond donors (Lipinski definition) is 2. The Bertz CT molecular complexity index is 1660. The molecule has 0 radical (unpaired) electrons. The first-order valence-corrected chi connectivity index (χ1v) is 13.6. The first-order chi connectivity index (χ1) is 18.4. The van der Waals surface area contributed by atoms with Crippen LogP contribution < -0.4 is 5.46 Å². The molecule has 188 valence electrons. The molecule has 2 aromatic heterocycles. The van der Waals surface area contributed by atoms with Crippen LogP contribution in [0.2, 0.25) is 5.15 Å². The lowest BCUT2D eigenvalue weighted by Crippen LogP contribution is -2.29. The predicted molar refractivity (Wildman–Crippen MR) is 166 cm³/mol. The summed E-state index contributed by atoms with van der Waals surface area (Å²) < 4.78 is 1.92. The minimum Gasteiger partial charge on any atom is -0.423 e. The molecule has 38 heavy (non-hydrogen) atoms. The molecule has 4 aromatic carbocycles. The minimum absolute atomic E-state index is 0.495. The van der Waals surface area contributed by atoms with E-state index < -0.39 is 7.12 Å². The molecule has 0 atom stereocenters. The summed E-state index contributed by atoms with van der Waals surface area (Å²) in [6.45, 7) is 0. The molecule has 0 aliphatic heterocycles. The summed E-state index contributed by atoms with van der Waals surface area (Å²) in [5, 5.41) is 22.5. The molecule has 6 aromatic rings. The van der Waals surface area contributed by atoms with Crippen molar-refractivity contribution in [2.24, 2.45) is 0 Å². The maximum Gasteiger partial charge on any atom is 0.488 e. The average molecular weight is 649 g/mol. The Balaban J connectivity index is 0.000000140. The van der Waals surface area contributed by atoms with Gasteiger partial charge in [-0.2, -0.15) is 0 Å². The normalized spacial score (nSPS) is 10.2. The van der Waals surface area contributed by atoms with Gasteiger partial charge in [0.1, 0.15) is 5.15 Å². The fourth-order valence-corrected chi connectivity index (χ4v) is 4.78. The van der Waals surface area contributed by atoms with E-state index in [1.807, 2.05) is 72.9 Å². The molecule has 0 fully saturated rings. The smallest absolute Gasteiger partial charge is 0.423 e. The zero-order chi connectivity index (χ0) is 26.9. The van der Waals surface area contributed by atoms with Crippen LogP contribution in [0.25, 0.3) is 32.8 Å². The van der Waals surface area contributed by atoms with Crippen LogP contribution in [0.15, 0.2) is 131 Å². The van der Waals surface area contributed by atoms with Crippen molar-refractivity contribution in [3.8, 4) is 11.3 Å². The van der Waals surface area contributed by atoms with Crippen molar-refractivity contribution in [3.63, 3.8) is 0 Å². The molecule has 0 amide bonds. The highest BCUT2D eigenvalue weighted by atomic mass is 79.9. The van der Waals surface area contributed by atoms with Crippen molar-refractivity contribution in [3.05, 3.63) is 136 Å². The topological polar surface area (TPSA) is 66.2 Å². The second kappa shape index (κ2) is 13.6. The van der Waals surface area contributed by atoms with Crippen LogP contribution >= 0.6 is 43.5 Å². The monoisotopic (exact) mass is 646 g/mol. The molecule has 0 bridgehead atoms. The molecule has 6 rings (SSSR count). The van der Waals surface area contributed by atoms with E-state index in [9.17, 15) is 0 Å². The summed E-state index contributed by atoms with van der Waals surface area (Å²) >= 11 is 12.5. The molecular formula is C30H22BBr2ClN2O2. The summed E-state index contributed by atoms with van der Waals surface area (Å²) in [5.41, 5.74) is 2.66. The van der Waals surface area contributed by atoms with E-state index >= 15 is 0 Å². The molecule has 0 aliphatic carbocycles. The van der Waals surface area contributed by atoms with Gasteiger partial charge in [0, 0.05) is 37.7 Å². The van der Waals surface area contributed by atoms with Gasteiger partial charge >= 0.3 is 7.12 Å². The second-order valence-electron chi connectivity index (χ2n) is 8.14. The summed E-state index contributed by atoms with van der Waals surface area (Å²) in [5.74, 6) is 0. The van der Waals surface area contributed by atoms with E-state index in [4.69, 9.17) is 21.6 Å². The van der Waals surface area contributed by atoms with Crippen molar-refractivity contribution in [1.82, 2.24) is 9.97 Å². The number of rotatable bonds is 2. The number of pyridine rings is 2.